The third-order valence-corrected chi connectivity index (χ3v) is 5.94. The van der Waals surface area contributed by atoms with Crippen LogP contribution in [-0.2, 0) is 17.9 Å². The average molecular weight is 534 g/mol. The van der Waals surface area contributed by atoms with Crippen molar-refractivity contribution in [2.24, 2.45) is 5.73 Å². The monoisotopic (exact) mass is 533 g/mol. The van der Waals surface area contributed by atoms with E-state index in [1.54, 1.807) is 27.8 Å². The molecule has 3 aromatic heterocycles. The van der Waals surface area contributed by atoms with Crippen LogP contribution in [0.3, 0.4) is 0 Å². The molecule has 4 rings (SSSR count). The number of pyridine rings is 1. The number of carbonyl (C=O) groups is 3. The van der Waals surface area contributed by atoms with Gasteiger partial charge >= 0.3 is 0 Å². The van der Waals surface area contributed by atoms with Gasteiger partial charge in [0.1, 0.15) is 17.0 Å². The second kappa shape index (κ2) is 12.1. The van der Waals surface area contributed by atoms with Crippen LogP contribution in [0.2, 0.25) is 0 Å². The molecule has 0 aliphatic carbocycles. The zero-order valence-electron chi connectivity index (χ0n) is 22.0. The highest BCUT2D eigenvalue weighted by atomic mass is 16.5. The molecule has 13 nitrogen and oxygen atoms in total. The van der Waals surface area contributed by atoms with Gasteiger partial charge in [0.15, 0.2) is 0 Å². The Morgan fingerprint density at radius 1 is 1.18 bits per heavy atom. The molecule has 4 aromatic rings. The van der Waals surface area contributed by atoms with E-state index in [1.165, 1.54) is 19.2 Å². The Balaban J connectivity index is 1.53. The third-order valence-electron chi connectivity index (χ3n) is 5.94. The fourth-order valence-electron chi connectivity index (χ4n) is 4.08. The molecule has 0 atom stereocenters. The first-order valence-corrected chi connectivity index (χ1v) is 12.5. The van der Waals surface area contributed by atoms with Crippen LogP contribution in [0.25, 0.3) is 11.0 Å². The van der Waals surface area contributed by atoms with Crippen LogP contribution in [0.4, 0.5) is 5.95 Å². The molecule has 0 aliphatic heterocycles. The molecule has 0 aliphatic rings. The standard InChI is InChI=1S/C26H31N9O4/c1-4-34-20(11-16(2)33-34)25(38)32-26-31-19-12-18(24(27)37)13-21(39-3)23(19)35(26)30-10-6-8-22(36)29-15-17-7-5-9-28-14-17/h5,7,9,11-14,30H,4,6,8,10,15H2,1-3H3,(H2,27,37)(H,29,36)(H,31,32,38). The number of hydrogen-bond acceptors (Lipinski definition) is 8. The lowest BCUT2D eigenvalue weighted by Gasteiger charge is -2.14. The van der Waals surface area contributed by atoms with Crippen molar-refractivity contribution in [2.45, 2.75) is 39.8 Å². The number of fused-ring (bicyclic) bond motifs is 1. The lowest BCUT2D eigenvalue weighted by Crippen LogP contribution is -2.26. The van der Waals surface area contributed by atoms with E-state index in [-0.39, 0.29) is 23.8 Å². The van der Waals surface area contributed by atoms with Gasteiger partial charge in [0, 0.05) is 44.0 Å². The van der Waals surface area contributed by atoms with E-state index in [4.69, 9.17) is 10.5 Å². The molecule has 13 heteroatoms. The SMILES string of the molecule is CCn1nc(C)cc1C(=O)Nc1nc2cc(C(N)=O)cc(OC)c2n1NCCCC(=O)NCc1cccnc1. The minimum absolute atomic E-state index is 0.100. The number of amides is 3. The number of nitrogens with one attached hydrogen (secondary N) is 3. The highest BCUT2D eigenvalue weighted by molar-refractivity contribution is 6.04. The van der Waals surface area contributed by atoms with Crippen molar-refractivity contribution in [3.63, 3.8) is 0 Å². The number of anilines is 1. The summed E-state index contributed by atoms with van der Waals surface area (Å²) in [5.41, 5.74) is 11.8. The second-order valence-corrected chi connectivity index (χ2v) is 8.77. The zero-order valence-corrected chi connectivity index (χ0v) is 22.0. The first-order chi connectivity index (χ1) is 18.8. The quantitative estimate of drug-likeness (QED) is 0.200. The molecule has 0 unspecified atom stereocenters. The number of ether oxygens (including phenoxy) is 1. The Bertz CT molecular complexity index is 1490. The van der Waals surface area contributed by atoms with Crippen molar-refractivity contribution >= 4 is 34.7 Å². The summed E-state index contributed by atoms with van der Waals surface area (Å²) in [5.74, 6) is -0.623. The topological polar surface area (TPSA) is 171 Å². The number of methoxy groups -OCH3 is 1. The molecule has 0 bridgehead atoms. The molecular formula is C26H31N9O4. The van der Waals surface area contributed by atoms with E-state index >= 15 is 0 Å². The van der Waals surface area contributed by atoms with Gasteiger partial charge in [0.25, 0.3) is 5.91 Å². The molecule has 204 valence electrons. The van der Waals surface area contributed by atoms with Gasteiger partial charge in [0.2, 0.25) is 17.8 Å². The maximum atomic E-state index is 13.2. The van der Waals surface area contributed by atoms with Crippen molar-refractivity contribution in [1.82, 2.24) is 29.7 Å². The van der Waals surface area contributed by atoms with E-state index in [1.807, 2.05) is 26.0 Å². The van der Waals surface area contributed by atoms with Crippen molar-refractivity contribution in [2.75, 3.05) is 24.4 Å². The van der Waals surface area contributed by atoms with Crippen LogP contribution in [0.5, 0.6) is 5.75 Å². The minimum atomic E-state index is -0.636. The van der Waals surface area contributed by atoms with Crippen LogP contribution in [0.15, 0.2) is 42.7 Å². The largest absolute Gasteiger partial charge is 0.494 e. The summed E-state index contributed by atoms with van der Waals surface area (Å²) in [4.78, 5) is 45.9. The van der Waals surface area contributed by atoms with Crippen LogP contribution < -0.4 is 26.5 Å². The van der Waals surface area contributed by atoms with Gasteiger partial charge < -0.3 is 21.2 Å². The summed E-state index contributed by atoms with van der Waals surface area (Å²) in [7, 11) is 1.46. The van der Waals surface area contributed by atoms with Crippen LogP contribution in [0, 0.1) is 6.92 Å². The molecule has 39 heavy (non-hydrogen) atoms. The third kappa shape index (κ3) is 6.32. The summed E-state index contributed by atoms with van der Waals surface area (Å²) in [6, 6.07) is 8.43. The Labute approximate surface area is 224 Å². The predicted molar refractivity (Wildman–Crippen MR) is 145 cm³/mol. The highest BCUT2D eigenvalue weighted by Crippen LogP contribution is 2.30. The van der Waals surface area contributed by atoms with Gasteiger partial charge in [-0.15, -0.1) is 0 Å². The van der Waals surface area contributed by atoms with Gasteiger partial charge in [-0.1, -0.05) is 6.07 Å². The number of nitrogens with two attached hydrogens (primary N) is 1. The smallest absolute Gasteiger partial charge is 0.276 e. The average Bonchev–Trinajstić information content (AvgIpc) is 3.49. The molecule has 0 spiro atoms. The number of benzene rings is 1. The Hall–Kier alpha value is -4.94. The molecule has 3 heterocycles. The van der Waals surface area contributed by atoms with E-state index in [0.29, 0.717) is 54.2 Å². The maximum absolute atomic E-state index is 13.2. The number of carbonyl (C=O) groups excluding carboxylic acids is 3. The number of rotatable bonds is 12. The van der Waals surface area contributed by atoms with Crippen LogP contribution in [0.1, 0.15) is 51.9 Å². The van der Waals surface area contributed by atoms with Gasteiger partial charge in [-0.05, 0) is 50.1 Å². The first-order valence-electron chi connectivity index (χ1n) is 12.5. The van der Waals surface area contributed by atoms with Gasteiger partial charge in [0.05, 0.1) is 18.3 Å². The van der Waals surface area contributed by atoms with Crippen molar-refractivity contribution in [3.05, 3.63) is 65.2 Å². The number of nitrogens with zero attached hydrogens (tertiary/aromatic N) is 5. The van der Waals surface area contributed by atoms with Crippen molar-refractivity contribution < 1.29 is 19.1 Å². The molecule has 0 radical (unpaired) electrons. The first kappa shape index (κ1) is 27.1. The lowest BCUT2D eigenvalue weighted by molar-refractivity contribution is -0.121. The molecule has 0 saturated heterocycles. The maximum Gasteiger partial charge on any atom is 0.276 e. The van der Waals surface area contributed by atoms with Crippen LogP contribution in [-0.4, -0.2) is 55.8 Å². The van der Waals surface area contributed by atoms with Crippen molar-refractivity contribution in [1.29, 1.82) is 0 Å². The normalized spacial score (nSPS) is 10.8. The summed E-state index contributed by atoms with van der Waals surface area (Å²) in [6.07, 6.45) is 4.15. The fraction of sp³-hybridized carbons (Fsp3) is 0.308. The molecular weight excluding hydrogens is 502 g/mol. The molecule has 0 fully saturated rings. The minimum Gasteiger partial charge on any atom is -0.494 e. The van der Waals surface area contributed by atoms with E-state index in [9.17, 15) is 14.4 Å². The number of aryl methyl sites for hydroxylation is 2. The summed E-state index contributed by atoms with van der Waals surface area (Å²) in [5, 5.41) is 10.0. The number of primary amides is 1. The second-order valence-electron chi connectivity index (χ2n) is 8.77. The number of hydrogen-bond donors (Lipinski definition) is 4. The molecule has 5 N–H and O–H groups in total. The van der Waals surface area contributed by atoms with Gasteiger partial charge in [-0.25, -0.2) is 9.66 Å². The van der Waals surface area contributed by atoms with Crippen LogP contribution >= 0.6 is 0 Å². The van der Waals surface area contributed by atoms with Gasteiger partial charge in [-0.3, -0.25) is 29.4 Å². The zero-order chi connectivity index (χ0) is 27.9. The Morgan fingerprint density at radius 2 is 2.00 bits per heavy atom. The molecule has 3 amide bonds. The molecule has 1 aromatic carbocycles. The van der Waals surface area contributed by atoms with E-state index in [2.05, 4.69) is 31.1 Å². The Morgan fingerprint density at radius 3 is 2.69 bits per heavy atom. The van der Waals surface area contributed by atoms with Crippen molar-refractivity contribution in [3.8, 4) is 5.75 Å². The Kier molecular flexibility index (Phi) is 8.39. The highest BCUT2D eigenvalue weighted by Gasteiger charge is 2.21. The number of aromatic nitrogens is 5. The molecule has 0 saturated carbocycles. The van der Waals surface area contributed by atoms with E-state index < -0.39 is 11.8 Å². The summed E-state index contributed by atoms with van der Waals surface area (Å²) < 4.78 is 8.69. The van der Waals surface area contributed by atoms with E-state index in [0.717, 1.165) is 5.56 Å². The summed E-state index contributed by atoms with van der Waals surface area (Å²) >= 11 is 0. The predicted octanol–water partition coefficient (Wildman–Crippen LogP) is 1.96. The fourth-order valence-corrected chi connectivity index (χ4v) is 4.08. The summed E-state index contributed by atoms with van der Waals surface area (Å²) in [6.45, 7) is 4.99. The number of imidazole rings is 1. The lowest BCUT2D eigenvalue weighted by atomic mass is 10.1. The van der Waals surface area contributed by atoms with Gasteiger partial charge in [-0.2, -0.15) is 5.10 Å².